The van der Waals surface area contributed by atoms with E-state index in [-0.39, 0.29) is 12.0 Å². The molecule has 2 aromatic carbocycles. The van der Waals surface area contributed by atoms with Crippen molar-refractivity contribution in [3.8, 4) is 5.75 Å². The number of nitrogens with zero attached hydrogens (tertiary/aromatic N) is 1. The van der Waals surface area contributed by atoms with Gasteiger partial charge in [-0.1, -0.05) is 30.3 Å². The van der Waals surface area contributed by atoms with Crippen molar-refractivity contribution in [1.82, 2.24) is 9.88 Å². The quantitative estimate of drug-likeness (QED) is 0.707. The van der Waals surface area contributed by atoms with Crippen LogP contribution in [0.2, 0.25) is 0 Å². The van der Waals surface area contributed by atoms with Crippen LogP contribution in [-0.4, -0.2) is 42.1 Å². The predicted octanol–water partition coefficient (Wildman–Crippen LogP) is 3.93. The number of aromatic amines is 1. The summed E-state index contributed by atoms with van der Waals surface area (Å²) >= 11 is 0. The smallest absolute Gasteiger partial charge is 0.227 e. The Morgan fingerprint density at radius 2 is 1.93 bits per heavy atom. The first-order valence-corrected chi connectivity index (χ1v) is 9.80. The molecule has 5 nitrogen and oxygen atoms in total. The first kappa shape index (κ1) is 18.6. The van der Waals surface area contributed by atoms with E-state index >= 15 is 0 Å². The van der Waals surface area contributed by atoms with Crippen LogP contribution in [0.1, 0.15) is 24.0 Å². The fraction of sp³-hybridized carbons (Fsp3) is 0.348. The Morgan fingerprint density at radius 3 is 2.68 bits per heavy atom. The van der Waals surface area contributed by atoms with Crippen LogP contribution in [0.4, 0.5) is 0 Å². The van der Waals surface area contributed by atoms with E-state index in [4.69, 9.17) is 9.47 Å². The number of fused-ring (bicyclic) bond motifs is 1. The first-order chi connectivity index (χ1) is 13.7. The largest absolute Gasteiger partial charge is 0.497 e. The molecule has 0 unspecified atom stereocenters. The highest BCUT2D eigenvalue weighted by Gasteiger charge is 2.24. The number of piperidine rings is 1. The van der Waals surface area contributed by atoms with Crippen LogP contribution in [0, 0.1) is 0 Å². The van der Waals surface area contributed by atoms with Gasteiger partial charge in [-0.15, -0.1) is 0 Å². The van der Waals surface area contributed by atoms with Gasteiger partial charge in [0.1, 0.15) is 5.75 Å². The fourth-order valence-corrected chi connectivity index (χ4v) is 3.77. The lowest BCUT2D eigenvalue weighted by Crippen LogP contribution is -2.41. The Hall–Kier alpha value is -2.79. The lowest BCUT2D eigenvalue weighted by Gasteiger charge is -2.32. The van der Waals surface area contributed by atoms with Gasteiger partial charge in [0.15, 0.2) is 0 Å². The summed E-state index contributed by atoms with van der Waals surface area (Å²) in [6, 6.07) is 16.1. The lowest BCUT2D eigenvalue weighted by atomic mass is 10.1. The molecule has 1 N–H and O–H groups in total. The third kappa shape index (κ3) is 4.20. The van der Waals surface area contributed by atoms with Crippen molar-refractivity contribution in [1.29, 1.82) is 0 Å². The third-order valence-corrected chi connectivity index (χ3v) is 5.44. The van der Waals surface area contributed by atoms with Crippen molar-refractivity contribution in [2.75, 3.05) is 20.2 Å². The zero-order valence-electron chi connectivity index (χ0n) is 16.2. The maximum absolute atomic E-state index is 12.8. The number of rotatable bonds is 6. The minimum atomic E-state index is 0.172. The number of amides is 1. The van der Waals surface area contributed by atoms with Gasteiger partial charge >= 0.3 is 0 Å². The normalized spacial score (nSPS) is 15.1. The number of nitrogens with one attached hydrogen (secondary N) is 1. The van der Waals surface area contributed by atoms with E-state index in [1.165, 1.54) is 5.56 Å². The average molecular weight is 378 g/mol. The van der Waals surface area contributed by atoms with Crippen LogP contribution < -0.4 is 4.74 Å². The summed E-state index contributed by atoms with van der Waals surface area (Å²) < 4.78 is 11.3. The van der Waals surface area contributed by atoms with Gasteiger partial charge in [-0.25, -0.2) is 0 Å². The maximum atomic E-state index is 12.8. The van der Waals surface area contributed by atoms with E-state index in [0.29, 0.717) is 13.0 Å². The maximum Gasteiger partial charge on any atom is 0.227 e. The molecule has 1 aromatic heterocycles. The van der Waals surface area contributed by atoms with E-state index in [1.807, 2.05) is 47.5 Å². The summed E-state index contributed by atoms with van der Waals surface area (Å²) in [6.45, 7) is 2.14. The topological polar surface area (TPSA) is 54.6 Å². The van der Waals surface area contributed by atoms with Crippen LogP contribution in [0.15, 0.2) is 54.7 Å². The number of methoxy groups -OCH3 is 1. The van der Waals surface area contributed by atoms with E-state index in [1.54, 1.807) is 7.11 Å². The Balaban J connectivity index is 1.31. The highest BCUT2D eigenvalue weighted by molar-refractivity contribution is 5.89. The van der Waals surface area contributed by atoms with Gasteiger partial charge in [-0.05, 0) is 42.2 Å². The second kappa shape index (κ2) is 8.48. The summed E-state index contributed by atoms with van der Waals surface area (Å²) in [5.74, 6) is 0.974. The van der Waals surface area contributed by atoms with E-state index in [9.17, 15) is 4.79 Å². The van der Waals surface area contributed by atoms with Gasteiger partial charge in [-0.3, -0.25) is 4.79 Å². The van der Waals surface area contributed by atoms with Crippen molar-refractivity contribution in [3.05, 3.63) is 65.9 Å². The summed E-state index contributed by atoms with van der Waals surface area (Å²) in [5.41, 5.74) is 3.23. The molecule has 3 aromatic rings. The van der Waals surface area contributed by atoms with Crippen LogP contribution >= 0.6 is 0 Å². The SMILES string of the molecule is COc1ccc2[nH]cc(CC(=O)N3CCC(OCc4ccccc4)CC3)c2c1. The molecule has 0 spiro atoms. The van der Waals surface area contributed by atoms with Gasteiger partial charge in [0.25, 0.3) is 0 Å². The lowest BCUT2D eigenvalue weighted by molar-refractivity contribution is -0.133. The number of carbonyl (C=O) groups excluding carboxylic acids is 1. The van der Waals surface area contributed by atoms with Crippen LogP contribution in [0.5, 0.6) is 5.75 Å². The number of ether oxygens (including phenoxy) is 2. The van der Waals surface area contributed by atoms with Gasteiger partial charge < -0.3 is 19.4 Å². The Bertz CT molecular complexity index is 927. The molecule has 0 bridgehead atoms. The van der Waals surface area contributed by atoms with Crippen molar-refractivity contribution in [2.24, 2.45) is 0 Å². The van der Waals surface area contributed by atoms with E-state index in [0.717, 1.165) is 48.1 Å². The minimum absolute atomic E-state index is 0.172. The summed E-state index contributed by atoms with van der Waals surface area (Å²) in [6.07, 6.45) is 4.34. The molecule has 5 heteroatoms. The van der Waals surface area contributed by atoms with Gasteiger partial charge in [0.05, 0.1) is 26.2 Å². The van der Waals surface area contributed by atoms with Crippen molar-refractivity contribution >= 4 is 16.8 Å². The number of H-pyrrole nitrogens is 1. The predicted molar refractivity (Wildman–Crippen MR) is 109 cm³/mol. The molecular formula is C23H26N2O3. The Labute approximate surface area is 165 Å². The summed E-state index contributed by atoms with van der Waals surface area (Å²) in [7, 11) is 1.66. The number of benzene rings is 2. The fourth-order valence-electron chi connectivity index (χ4n) is 3.77. The Morgan fingerprint density at radius 1 is 1.14 bits per heavy atom. The van der Waals surface area contributed by atoms with Crippen molar-refractivity contribution < 1.29 is 14.3 Å². The zero-order valence-corrected chi connectivity index (χ0v) is 16.2. The van der Waals surface area contributed by atoms with Crippen molar-refractivity contribution in [3.63, 3.8) is 0 Å². The molecular weight excluding hydrogens is 352 g/mol. The Kier molecular flexibility index (Phi) is 5.63. The average Bonchev–Trinajstić information content (AvgIpc) is 3.15. The first-order valence-electron chi connectivity index (χ1n) is 9.80. The molecule has 28 heavy (non-hydrogen) atoms. The van der Waals surface area contributed by atoms with E-state index < -0.39 is 0 Å². The number of hydrogen-bond donors (Lipinski definition) is 1. The molecule has 0 radical (unpaired) electrons. The summed E-state index contributed by atoms with van der Waals surface area (Å²) in [4.78, 5) is 18.0. The zero-order chi connectivity index (χ0) is 19.3. The molecule has 0 atom stereocenters. The number of likely N-dealkylation sites (tertiary alicyclic amines) is 1. The second-order valence-corrected chi connectivity index (χ2v) is 7.28. The van der Waals surface area contributed by atoms with Gasteiger partial charge in [0, 0.05) is 30.2 Å². The highest BCUT2D eigenvalue weighted by atomic mass is 16.5. The molecule has 0 saturated carbocycles. The number of carbonyl (C=O) groups is 1. The molecule has 4 rings (SSSR count). The monoisotopic (exact) mass is 378 g/mol. The van der Waals surface area contributed by atoms with Crippen LogP contribution in [-0.2, 0) is 22.6 Å². The van der Waals surface area contributed by atoms with Gasteiger partial charge in [-0.2, -0.15) is 0 Å². The standard InChI is InChI=1S/C23H26N2O3/c1-27-20-7-8-22-21(14-20)18(15-24-22)13-23(26)25-11-9-19(10-12-25)28-16-17-5-3-2-4-6-17/h2-8,14-15,19,24H,9-13,16H2,1H3. The molecule has 2 heterocycles. The molecule has 1 aliphatic rings. The third-order valence-electron chi connectivity index (χ3n) is 5.44. The number of aromatic nitrogens is 1. The second-order valence-electron chi connectivity index (χ2n) is 7.28. The summed E-state index contributed by atoms with van der Waals surface area (Å²) in [5, 5.41) is 1.05. The molecule has 1 aliphatic heterocycles. The molecule has 0 aliphatic carbocycles. The van der Waals surface area contributed by atoms with Crippen LogP contribution in [0.25, 0.3) is 10.9 Å². The number of hydrogen-bond acceptors (Lipinski definition) is 3. The van der Waals surface area contributed by atoms with Gasteiger partial charge in [0.2, 0.25) is 5.91 Å². The molecule has 1 amide bonds. The molecule has 146 valence electrons. The molecule has 1 fully saturated rings. The van der Waals surface area contributed by atoms with E-state index in [2.05, 4.69) is 17.1 Å². The van der Waals surface area contributed by atoms with Crippen molar-refractivity contribution in [2.45, 2.75) is 32.0 Å². The molecule has 1 saturated heterocycles. The highest BCUT2D eigenvalue weighted by Crippen LogP contribution is 2.25. The minimum Gasteiger partial charge on any atom is -0.497 e. The van der Waals surface area contributed by atoms with Crippen LogP contribution in [0.3, 0.4) is 0 Å².